The van der Waals surface area contributed by atoms with Crippen LogP contribution in [0, 0.1) is 53.9 Å². The van der Waals surface area contributed by atoms with Gasteiger partial charge in [0, 0.05) is 43.3 Å². The van der Waals surface area contributed by atoms with Gasteiger partial charge in [-0.2, -0.15) is 0 Å². The zero-order valence-corrected chi connectivity index (χ0v) is 40.3. The summed E-state index contributed by atoms with van der Waals surface area (Å²) in [7, 11) is 0. The Morgan fingerprint density at radius 1 is 0.651 bits per heavy atom. The summed E-state index contributed by atoms with van der Waals surface area (Å²) in [5, 5.41) is 0. The number of rotatable bonds is 5. The topological polar surface area (TPSA) is 47.0 Å². The van der Waals surface area contributed by atoms with E-state index >= 15 is 0 Å². The van der Waals surface area contributed by atoms with Crippen molar-refractivity contribution in [1.82, 2.24) is 4.98 Å². The molecule has 3 aliphatic rings. The van der Waals surface area contributed by atoms with E-state index in [0.717, 1.165) is 73.0 Å². The van der Waals surface area contributed by atoms with E-state index in [1.54, 1.807) is 0 Å². The fourth-order valence-electron chi connectivity index (χ4n) is 10.9. The van der Waals surface area contributed by atoms with Crippen LogP contribution in [0.3, 0.4) is 0 Å². The number of anilines is 3. The van der Waals surface area contributed by atoms with Crippen LogP contribution in [0.15, 0.2) is 96.1 Å². The minimum Gasteiger partial charge on any atom is -0.463 e. The monoisotopic (exact) mass is 838 g/mol. The molecule has 2 atom stereocenters. The molecule has 6 aromatic rings. The molecule has 5 nitrogen and oxygen atoms in total. The molecule has 0 spiro atoms. The molecule has 63 heavy (non-hydrogen) atoms. The van der Waals surface area contributed by atoms with Crippen LogP contribution in [0.2, 0.25) is 0 Å². The Bertz CT molecular complexity index is 3000. The smallest absolute Gasteiger partial charge is 0.217 e. The third kappa shape index (κ3) is 6.63. The quantitative estimate of drug-likeness (QED) is 0.174. The lowest BCUT2D eigenvalue weighted by atomic mass is 9.65. The Hall–Kier alpha value is -5.68. The number of fused-ring (bicyclic) bond motifs is 5. The molecule has 0 bridgehead atoms. The Morgan fingerprint density at radius 3 is 1.98 bits per heavy atom. The van der Waals surface area contributed by atoms with Crippen LogP contribution >= 0.6 is 0 Å². The largest absolute Gasteiger partial charge is 0.463 e. The van der Waals surface area contributed by atoms with Gasteiger partial charge in [0.1, 0.15) is 22.9 Å². The fraction of sp³-hybridized carbons (Fsp3) is 0.379. The molecular formula is C58H65N3O2. The number of hydrogen-bond donors (Lipinski definition) is 0. The molecule has 0 amide bonds. The molecule has 0 unspecified atom stereocenters. The zero-order valence-electron chi connectivity index (χ0n) is 42.3. The first-order chi connectivity index (χ1) is 30.2. The number of ether oxygens (including phenoxy) is 2. The van der Waals surface area contributed by atoms with Crippen molar-refractivity contribution in [3.8, 4) is 22.6 Å². The second-order valence-electron chi connectivity index (χ2n) is 21.5. The summed E-state index contributed by atoms with van der Waals surface area (Å²) in [5.74, 6) is 2.64. The number of hydrogen-bond acceptors (Lipinski definition) is 5. The highest BCUT2D eigenvalue weighted by Gasteiger charge is 2.67. The van der Waals surface area contributed by atoms with Gasteiger partial charge in [-0.3, -0.25) is 4.90 Å². The highest BCUT2D eigenvalue weighted by molar-refractivity contribution is 5.99. The number of pyridine rings is 1. The maximum absolute atomic E-state index is 9.81. The maximum atomic E-state index is 9.81. The molecule has 2 aliphatic heterocycles. The van der Waals surface area contributed by atoms with E-state index in [9.17, 15) is 2.74 Å². The van der Waals surface area contributed by atoms with Crippen LogP contribution < -0.4 is 9.64 Å². The van der Waals surface area contributed by atoms with Crippen molar-refractivity contribution in [3.05, 3.63) is 163 Å². The molecule has 9 rings (SSSR count). The van der Waals surface area contributed by atoms with Crippen molar-refractivity contribution < 1.29 is 12.2 Å². The summed E-state index contributed by atoms with van der Waals surface area (Å²) >= 11 is 0. The summed E-state index contributed by atoms with van der Waals surface area (Å²) < 4.78 is 34.2. The lowest BCUT2D eigenvalue weighted by Gasteiger charge is -2.46. The number of aryl methyl sites for hydroxylation is 7. The van der Waals surface area contributed by atoms with Crippen LogP contribution in [0.4, 0.5) is 17.2 Å². The van der Waals surface area contributed by atoms with Crippen molar-refractivity contribution in [1.29, 1.82) is 0 Å². The van der Waals surface area contributed by atoms with Crippen LogP contribution in [0.25, 0.3) is 11.1 Å². The molecule has 324 valence electrons. The van der Waals surface area contributed by atoms with Gasteiger partial charge < -0.3 is 9.47 Å². The maximum Gasteiger partial charge on any atom is 0.217 e. The number of nitrogens with zero attached hydrogens (tertiary/aromatic N) is 3. The van der Waals surface area contributed by atoms with Gasteiger partial charge in [-0.05, 0) is 164 Å². The molecule has 1 aliphatic carbocycles. The van der Waals surface area contributed by atoms with Gasteiger partial charge in [-0.1, -0.05) is 103 Å². The first-order valence-corrected chi connectivity index (χ1v) is 22.5. The summed E-state index contributed by atoms with van der Waals surface area (Å²) in [4.78, 5) is 12.7. The second-order valence-corrected chi connectivity index (χ2v) is 21.5. The average Bonchev–Trinajstić information content (AvgIpc) is 3.61. The summed E-state index contributed by atoms with van der Waals surface area (Å²) in [6.45, 7) is 34.6. The van der Waals surface area contributed by atoms with Crippen molar-refractivity contribution >= 4 is 23.1 Å². The highest BCUT2D eigenvalue weighted by atomic mass is 16.5. The minimum absolute atomic E-state index is 0.0652. The van der Waals surface area contributed by atoms with E-state index in [-0.39, 0.29) is 10.8 Å². The first kappa shape index (κ1) is 40.1. The Balaban J connectivity index is 1.24. The van der Waals surface area contributed by atoms with Gasteiger partial charge in [0.25, 0.3) is 0 Å². The van der Waals surface area contributed by atoms with Gasteiger partial charge in [0.2, 0.25) is 5.90 Å². The van der Waals surface area contributed by atoms with Crippen LogP contribution in [0.5, 0.6) is 11.5 Å². The van der Waals surface area contributed by atoms with E-state index in [0.29, 0.717) is 17.2 Å². The van der Waals surface area contributed by atoms with Crippen molar-refractivity contribution in [2.75, 3.05) is 4.90 Å². The lowest BCUT2D eigenvalue weighted by Crippen LogP contribution is -2.52. The predicted octanol–water partition coefficient (Wildman–Crippen LogP) is 15.1. The van der Waals surface area contributed by atoms with Gasteiger partial charge in [-0.25, -0.2) is 9.98 Å². The van der Waals surface area contributed by atoms with Crippen molar-refractivity contribution in [3.63, 3.8) is 0 Å². The molecule has 5 heteroatoms. The number of aliphatic imine (C=N–C) groups is 1. The van der Waals surface area contributed by atoms with Crippen molar-refractivity contribution in [2.45, 2.75) is 139 Å². The summed E-state index contributed by atoms with van der Waals surface area (Å²) in [6.07, 6.45) is 0.116. The normalized spacial score (nSPS) is 21.1. The lowest BCUT2D eigenvalue weighted by molar-refractivity contribution is -0.0724. The molecule has 3 heterocycles. The first-order valence-electron chi connectivity index (χ1n) is 23.5. The fourth-order valence-corrected chi connectivity index (χ4v) is 10.9. The molecule has 1 aromatic heterocycles. The number of benzene rings is 5. The van der Waals surface area contributed by atoms with Gasteiger partial charge in [0.05, 0.1) is 11.4 Å². The minimum atomic E-state index is -1.81. The van der Waals surface area contributed by atoms with E-state index in [4.69, 9.17) is 19.5 Å². The van der Waals surface area contributed by atoms with E-state index in [1.807, 2.05) is 32.2 Å². The summed E-state index contributed by atoms with van der Waals surface area (Å²) in [5.41, 5.74) is 14.8. The van der Waals surface area contributed by atoms with E-state index in [1.165, 1.54) is 27.8 Å². The Labute approximate surface area is 379 Å². The second kappa shape index (κ2) is 14.2. The Kier molecular flexibility index (Phi) is 9.02. The molecule has 0 saturated heterocycles. The van der Waals surface area contributed by atoms with Crippen LogP contribution in [-0.4, -0.2) is 16.4 Å². The van der Waals surface area contributed by atoms with Crippen LogP contribution in [-0.2, 0) is 27.5 Å². The molecule has 5 aromatic carbocycles. The van der Waals surface area contributed by atoms with Crippen molar-refractivity contribution in [2.24, 2.45) is 10.4 Å². The van der Waals surface area contributed by atoms with Gasteiger partial charge in [0.15, 0.2) is 5.60 Å². The molecule has 0 radical (unpaired) electrons. The third-order valence-corrected chi connectivity index (χ3v) is 14.2. The van der Waals surface area contributed by atoms with Gasteiger partial charge in [-0.15, -0.1) is 0 Å². The standard InChI is InChI=1S/C58H65N3O2/c1-33-17-18-48-46(23-33)56(14,15)47-26-37(5)50(31-49(47)61(48)51-30-43(19-20-59-51)54(8,9)10)62-44-28-40(52-38(6)21-34(2)22-39(52)7)27-41(29-44)53-60-57(16)32-42-24-35(3)36(4)25-45(42)58(57,63-53)55(11,12)13/h17-31H,32H2,1-16H3/t57-,58-/m1/s1/i32D2. The average molecular weight is 838 g/mol. The summed E-state index contributed by atoms with van der Waals surface area (Å²) in [6, 6.07) is 30.4. The Morgan fingerprint density at radius 2 is 1.30 bits per heavy atom. The molecule has 0 saturated carbocycles. The highest BCUT2D eigenvalue weighted by Crippen LogP contribution is 2.62. The predicted molar refractivity (Wildman–Crippen MR) is 262 cm³/mol. The number of aromatic nitrogens is 1. The molecule has 0 N–H and O–H groups in total. The SMILES string of the molecule is [2H]C1([2H])c2cc(C)c(C)cc2[C@]2(C(C)(C)C)OC(c3cc(Oc4cc5c(cc4C)C(C)(C)c4cc(C)ccc4N5c4cc(C(C)(C)C)ccn4)cc(-c4c(C)cc(C)cc4C)c3)=N[C@]12C. The van der Waals surface area contributed by atoms with Gasteiger partial charge >= 0.3 is 0 Å². The zero-order chi connectivity index (χ0) is 47.1. The van der Waals surface area contributed by atoms with Crippen LogP contribution in [0.1, 0.15) is 137 Å². The van der Waals surface area contributed by atoms with E-state index in [2.05, 4.69) is 175 Å². The van der Waals surface area contributed by atoms with E-state index < -0.39 is 22.9 Å². The molecular weight excluding hydrogens is 771 g/mol. The third-order valence-electron chi connectivity index (χ3n) is 14.2. The molecule has 0 fully saturated rings.